The van der Waals surface area contributed by atoms with E-state index >= 15 is 0 Å². The zero-order valence-corrected chi connectivity index (χ0v) is 11.1. The monoisotopic (exact) mass is 259 g/mol. The summed E-state index contributed by atoms with van der Waals surface area (Å²) < 4.78 is 41.6. The second-order valence-electron chi connectivity index (χ2n) is 4.64. The summed E-state index contributed by atoms with van der Waals surface area (Å²) >= 11 is 0. The first-order valence-electron chi connectivity index (χ1n) is 5.15. The number of halogens is 2. The van der Waals surface area contributed by atoms with Gasteiger partial charge >= 0.3 is 0 Å². The Hall–Kier alpha value is -1.10. The fourth-order valence-electron chi connectivity index (χ4n) is 1.09. The predicted molar refractivity (Wildman–Crippen MR) is 66.5 cm³/mol. The van der Waals surface area contributed by atoms with E-state index in [9.17, 15) is 13.0 Å². The maximum absolute atomic E-state index is 13.4. The minimum atomic E-state index is -1.48. The van der Waals surface area contributed by atoms with E-state index in [0.717, 1.165) is 6.07 Å². The highest BCUT2D eigenvalue weighted by Gasteiger charge is 2.20. The first-order chi connectivity index (χ1) is 7.73. The van der Waals surface area contributed by atoms with Crippen LogP contribution in [0.2, 0.25) is 0 Å². The minimum absolute atomic E-state index is 0.0441. The van der Waals surface area contributed by atoms with Crippen molar-refractivity contribution in [1.82, 2.24) is 0 Å². The molecule has 94 valence electrons. The van der Waals surface area contributed by atoms with Crippen LogP contribution in [0.4, 0.5) is 8.78 Å². The molecule has 0 aliphatic carbocycles. The smallest absolute Gasteiger partial charge is 0.167 e. The Bertz CT molecular complexity index is 478. The topological polar surface area (TPSA) is 29.4 Å². The van der Waals surface area contributed by atoms with Crippen LogP contribution >= 0.6 is 0 Å². The lowest BCUT2D eigenvalue weighted by Crippen LogP contribution is -2.21. The SMILES string of the molecule is C/C(=N/[S@](=O)C(C)(C)C)c1cccc(F)c1F. The van der Waals surface area contributed by atoms with Crippen molar-refractivity contribution in [3.05, 3.63) is 35.4 Å². The Morgan fingerprint density at radius 2 is 1.88 bits per heavy atom. The van der Waals surface area contributed by atoms with Gasteiger partial charge in [0, 0.05) is 5.56 Å². The minimum Gasteiger partial charge on any atom is -0.234 e. The second-order valence-corrected chi connectivity index (χ2v) is 6.55. The van der Waals surface area contributed by atoms with Crippen LogP contribution in [0.25, 0.3) is 0 Å². The van der Waals surface area contributed by atoms with Gasteiger partial charge < -0.3 is 0 Å². The lowest BCUT2D eigenvalue weighted by molar-refractivity contribution is 0.507. The van der Waals surface area contributed by atoms with Crippen LogP contribution in [0, 0.1) is 11.6 Å². The largest absolute Gasteiger partial charge is 0.234 e. The van der Waals surface area contributed by atoms with Gasteiger partial charge in [-0.05, 0) is 39.8 Å². The van der Waals surface area contributed by atoms with Gasteiger partial charge in [-0.25, -0.2) is 13.0 Å². The van der Waals surface area contributed by atoms with Crippen molar-refractivity contribution in [3.8, 4) is 0 Å². The van der Waals surface area contributed by atoms with Gasteiger partial charge in [0.1, 0.15) is 11.0 Å². The molecule has 0 aliphatic rings. The molecule has 0 aromatic heterocycles. The lowest BCUT2D eigenvalue weighted by Gasteiger charge is -2.14. The van der Waals surface area contributed by atoms with Crippen molar-refractivity contribution >= 4 is 16.7 Å². The standard InChI is InChI=1S/C12H15F2NOS/c1-8(15-17(16)12(2,3)4)9-6-5-7-10(13)11(9)14/h5-7H,1-4H3/b15-8-/t17-/m1/s1. The van der Waals surface area contributed by atoms with Crippen LogP contribution in [0.5, 0.6) is 0 Å². The molecule has 0 heterocycles. The summed E-state index contributed by atoms with van der Waals surface area (Å²) in [6.07, 6.45) is 0. The molecule has 1 aromatic rings. The quantitative estimate of drug-likeness (QED) is 0.750. The maximum atomic E-state index is 13.4. The fraction of sp³-hybridized carbons (Fsp3) is 0.417. The van der Waals surface area contributed by atoms with Gasteiger partial charge in [0.05, 0.1) is 10.5 Å². The third-order valence-corrected chi connectivity index (χ3v) is 3.57. The molecular formula is C12H15F2NOS. The van der Waals surface area contributed by atoms with Crippen LogP contribution in [0.15, 0.2) is 22.6 Å². The van der Waals surface area contributed by atoms with Crippen LogP contribution in [-0.2, 0) is 11.0 Å². The average molecular weight is 259 g/mol. The molecule has 2 nitrogen and oxygen atoms in total. The van der Waals surface area contributed by atoms with Crippen LogP contribution in [0.3, 0.4) is 0 Å². The van der Waals surface area contributed by atoms with Gasteiger partial charge in [-0.1, -0.05) is 6.07 Å². The zero-order valence-electron chi connectivity index (χ0n) is 10.3. The first-order valence-corrected chi connectivity index (χ1v) is 6.26. The van der Waals surface area contributed by atoms with E-state index in [1.54, 1.807) is 20.8 Å². The molecule has 5 heteroatoms. The van der Waals surface area contributed by atoms with Crippen molar-refractivity contribution < 1.29 is 13.0 Å². The van der Waals surface area contributed by atoms with Crippen LogP contribution < -0.4 is 0 Å². The van der Waals surface area contributed by atoms with E-state index in [4.69, 9.17) is 0 Å². The van der Waals surface area contributed by atoms with Crippen molar-refractivity contribution in [2.75, 3.05) is 0 Å². The lowest BCUT2D eigenvalue weighted by atomic mass is 10.1. The highest BCUT2D eigenvalue weighted by molar-refractivity contribution is 7.85. The predicted octanol–water partition coefficient (Wildman–Crippen LogP) is 3.24. The zero-order chi connectivity index (χ0) is 13.2. The summed E-state index contributed by atoms with van der Waals surface area (Å²) in [5.74, 6) is -1.89. The van der Waals surface area contributed by atoms with Crippen molar-refractivity contribution in [2.24, 2.45) is 4.40 Å². The third-order valence-electron chi connectivity index (χ3n) is 2.09. The van der Waals surface area contributed by atoms with Crippen molar-refractivity contribution in [3.63, 3.8) is 0 Å². The van der Waals surface area contributed by atoms with Crippen LogP contribution in [-0.4, -0.2) is 14.7 Å². The van der Waals surface area contributed by atoms with Gasteiger partial charge in [0.15, 0.2) is 11.6 Å². The number of hydrogen-bond donors (Lipinski definition) is 0. The van der Waals surface area contributed by atoms with E-state index < -0.39 is 27.4 Å². The Balaban J connectivity index is 3.13. The Morgan fingerprint density at radius 1 is 1.29 bits per heavy atom. The molecule has 1 atom stereocenters. The van der Waals surface area contributed by atoms with E-state index in [-0.39, 0.29) is 11.3 Å². The summed E-state index contributed by atoms with van der Waals surface area (Å²) in [7, 11) is -1.48. The van der Waals surface area contributed by atoms with Gasteiger partial charge in [-0.3, -0.25) is 0 Å². The summed E-state index contributed by atoms with van der Waals surface area (Å²) in [5, 5.41) is 0. The van der Waals surface area contributed by atoms with Gasteiger partial charge in [-0.15, -0.1) is 0 Å². The Kier molecular flexibility index (Phi) is 4.14. The van der Waals surface area contributed by atoms with Crippen molar-refractivity contribution in [1.29, 1.82) is 0 Å². The molecule has 17 heavy (non-hydrogen) atoms. The Morgan fingerprint density at radius 3 is 2.41 bits per heavy atom. The van der Waals surface area contributed by atoms with Crippen molar-refractivity contribution in [2.45, 2.75) is 32.4 Å². The fourth-order valence-corrected chi connectivity index (χ4v) is 1.71. The molecule has 0 aliphatic heterocycles. The van der Waals surface area contributed by atoms with E-state index in [1.165, 1.54) is 19.1 Å². The number of rotatable bonds is 2. The molecule has 0 radical (unpaired) electrons. The van der Waals surface area contributed by atoms with Gasteiger partial charge in [0.2, 0.25) is 0 Å². The Labute approximate surface area is 102 Å². The molecule has 0 saturated heterocycles. The summed E-state index contributed by atoms with van der Waals surface area (Å²) in [6.45, 7) is 6.81. The number of hydrogen-bond acceptors (Lipinski definition) is 1. The number of benzene rings is 1. The molecule has 1 rings (SSSR count). The molecule has 0 bridgehead atoms. The van der Waals surface area contributed by atoms with E-state index in [0.29, 0.717) is 0 Å². The summed E-state index contributed by atoms with van der Waals surface area (Å²) in [4.78, 5) is 0. The summed E-state index contributed by atoms with van der Waals surface area (Å²) in [5.41, 5.74) is 0.276. The summed E-state index contributed by atoms with van der Waals surface area (Å²) in [6, 6.07) is 3.84. The highest BCUT2D eigenvalue weighted by atomic mass is 32.2. The molecular weight excluding hydrogens is 244 g/mol. The highest BCUT2D eigenvalue weighted by Crippen LogP contribution is 2.16. The number of nitrogens with zero attached hydrogens (tertiary/aromatic N) is 1. The average Bonchev–Trinajstić information content (AvgIpc) is 2.20. The molecule has 0 N–H and O–H groups in total. The second kappa shape index (κ2) is 5.04. The van der Waals surface area contributed by atoms with Crippen LogP contribution in [0.1, 0.15) is 33.3 Å². The molecule has 0 amide bonds. The van der Waals surface area contributed by atoms with E-state index in [2.05, 4.69) is 4.40 Å². The normalized spacial score (nSPS) is 14.8. The maximum Gasteiger partial charge on any atom is 0.167 e. The van der Waals surface area contributed by atoms with Gasteiger partial charge in [-0.2, -0.15) is 4.40 Å². The molecule has 0 unspecified atom stereocenters. The molecule has 0 saturated carbocycles. The molecule has 1 aromatic carbocycles. The molecule has 0 fully saturated rings. The molecule has 0 spiro atoms. The third kappa shape index (κ3) is 3.43. The van der Waals surface area contributed by atoms with Gasteiger partial charge in [0.25, 0.3) is 0 Å². The van der Waals surface area contributed by atoms with E-state index in [1.807, 2.05) is 0 Å². The first kappa shape index (κ1) is 14.0.